The second-order valence-electron chi connectivity index (χ2n) is 7.24. The number of carbonyl (C=O) groups is 2. The van der Waals surface area contributed by atoms with E-state index in [4.69, 9.17) is 9.47 Å². The maximum absolute atomic E-state index is 12.5. The molecule has 1 atom stereocenters. The van der Waals surface area contributed by atoms with Crippen LogP contribution in [-0.4, -0.2) is 38.7 Å². The molecule has 0 saturated heterocycles. The van der Waals surface area contributed by atoms with Crippen LogP contribution in [0.1, 0.15) is 32.8 Å². The molecule has 0 fully saturated rings. The molecule has 0 unspecified atom stereocenters. The van der Waals surface area contributed by atoms with E-state index in [1.54, 1.807) is 0 Å². The zero-order chi connectivity index (χ0) is 20.4. The molecule has 2 aromatic rings. The molecule has 0 saturated carbocycles. The van der Waals surface area contributed by atoms with E-state index in [9.17, 15) is 9.59 Å². The standard InChI is InChI=1S/C22H27NO4Se/c1-22(2,3)27-20(24)19(14-15-28-18-12-8-5-9-13-18)23-21(25)26-16-17-10-6-4-7-11-17/h4-13,19H,14-16H2,1-3H3,(H,23,25)/t19-/m0/s1. The van der Waals surface area contributed by atoms with Crippen LogP contribution in [0.25, 0.3) is 0 Å². The van der Waals surface area contributed by atoms with Crippen LogP contribution in [0.2, 0.25) is 5.32 Å². The average molecular weight is 448 g/mol. The molecular weight excluding hydrogens is 421 g/mol. The molecule has 2 aromatic carbocycles. The summed E-state index contributed by atoms with van der Waals surface area (Å²) < 4.78 is 12.0. The zero-order valence-corrected chi connectivity index (χ0v) is 18.2. The van der Waals surface area contributed by atoms with Crippen LogP contribution in [0, 0.1) is 0 Å². The summed E-state index contributed by atoms with van der Waals surface area (Å²) in [6, 6.07) is 18.8. The SMILES string of the molecule is CC(C)(C)OC(=O)[C@H](CC[Se]c1ccccc1)NC(=O)OCc1ccccc1. The number of carbonyl (C=O) groups excluding carboxylic acids is 2. The summed E-state index contributed by atoms with van der Waals surface area (Å²) in [5.41, 5.74) is 0.272. The summed E-state index contributed by atoms with van der Waals surface area (Å²) >= 11 is 0.219. The molecule has 1 amide bonds. The number of benzene rings is 2. The summed E-state index contributed by atoms with van der Waals surface area (Å²) in [6.45, 7) is 5.58. The van der Waals surface area contributed by atoms with E-state index in [0.29, 0.717) is 6.42 Å². The first-order valence-corrected chi connectivity index (χ1v) is 11.3. The van der Waals surface area contributed by atoms with Gasteiger partial charge >= 0.3 is 173 Å². The number of rotatable bonds is 8. The number of alkyl carbamates (subject to hydrolysis) is 1. The first kappa shape index (κ1) is 22.0. The Labute approximate surface area is 173 Å². The molecule has 0 radical (unpaired) electrons. The number of amides is 1. The van der Waals surface area contributed by atoms with E-state index in [2.05, 4.69) is 17.4 Å². The number of ether oxygens (including phenoxy) is 2. The van der Waals surface area contributed by atoms with E-state index >= 15 is 0 Å². The van der Waals surface area contributed by atoms with Gasteiger partial charge in [-0.2, -0.15) is 0 Å². The van der Waals surface area contributed by atoms with Gasteiger partial charge in [0.25, 0.3) is 0 Å². The van der Waals surface area contributed by atoms with Gasteiger partial charge in [0.1, 0.15) is 0 Å². The van der Waals surface area contributed by atoms with Crippen molar-refractivity contribution >= 4 is 31.5 Å². The topological polar surface area (TPSA) is 64.6 Å². The van der Waals surface area contributed by atoms with Gasteiger partial charge < -0.3 is 0 Å². The van der Waals surface area contributed by atoms with Crippen LogP contribution in [0.15, 0.2) is 60.7 Å². The van der Waals surface area contributed by atoms with E-state index in [1.165, 1.54) is 4.46 Å². The normalized spacial score (nSPS) is 12.1. The first-order chi connectivity index (χ1) is 13.3. The quantitative estimate of drug-likeness (QED) is 0.496. The second kappa shape index (κ2) is 10.9. The van der Waals surface area contributed by atoms with Crippen molar-refractivity contribution in [3.8, 4) is 0 Å². The van der Waals surface area contributed by atoms with Crippen molar-refractivity contribution in [2.24, 2.45) is 0 Å². The van der Waals surface area contributed by atoms with Crippen molar-refractivity contribution in [3.63, 3.8) is 0 Å². The molecule has 0 aliphatic carbocycles. The Hall–Kier alpha value is -2.30. The van der Waals surface area contributed by atoms with Crippen molar-refractivity contribution in [1.82, 2.24) is 5.32 Å². The van der Waals surface area contributed by atoms with Gasteiger partial charge in [-0.1, -0.05) is 0 Å². The zero-order valence-electron chi connectivity index (χ0n) is 16.5. The Balaban J connectivity index is 1.90. The molecule has 0 aromatic heterocycles. The van der Waals surface area contributed by atoms with Crippen molar-refractivity contribution in [1.29, 1.82) is 0 Å². The Morgan fingerprint density at radius 2 is 1.61 bits per heavy atom. The van der Waals surface area contributed by atoms with E-state index in [-0.39, 0.29) is 21.6 Å². The molecule has 0 aliphatic rings. The van der Waals surface area contributed by atoms with Crippen LogP contribution in [0.5, 0.6) is 0 Å². The van der Waals surface area contributed by atoms with E-state index in [0.717, 1.165) is 10.9 Å². The molecule has 5 nitrogen and oxygen atoms in total. The van der Waals surface area contributed by atoms with Crippen LogP contribution in [-0.2, 0) is 20.9 Å². The van der Waals surface area contributed by atoms with Crippen LogP contribution < -0.4 is 9.78 Å². The predicted octanol–water partition coefficient (Wildman–Crippen LogP) is 3.46. The second-order valence-corrected chi connectivity index (χ2v) is 9.69. The molecular formula is C22H27NO4Se. The number of nitrogens with one attached hydrogen (secondary N) is 1. The molecule has 0 bridgehead atoms. The van der Waals surface area contributed by atoms with Gasteiger partial charge in [0, 0.05) is 0 Å². The van der Waals surface area contributed by atoms with Crippen molar-refractivity contribution in [2.45, 2.75) is 50.8 Å². The number of hydrogen-bond donors (Lipinski definition) is 1. The summed E-state index contributed by atoms with van der Waals surface area (Å²) in [4.78, 5) is 24.7. The Bertz CT molecular complexity index is 744. The third-order valence-corrected chi connectivity index (χ3v) is 5.81. The summed E-state index contributed by atoms with van der Waals surface area (Å²) in [6.07, 6.45) is -0.114. The Morgan fingerprint density at radius 3 is 2.21 bits per heavy atom. The maximum atomic E-state index is 12.5. The summed E-state index contributed by atoms with van der Waals surface area (Å²) in [5.74, 6) is -0.437. The van der Waals surface area contributed by atoms with Gasteiger partial charge in [-0.25, -0.2) is 0 Å². The number of hydrogen-bond acceptors (Lipinski definition) is 4. The van der Waals surface area contributed by atoms with Crippen LogP contribution >= 0.6 is 0 Å². The fraction of sp³-hybridized carbons (Fsp3) is 0.364. The molecule has 2 rings (SSSR count). The van der Waals surface area contributed by atoms with Crippen molar-refractivity contribution in [2.75, 3.05) is 0 Å². The van der Waals surface area contributed by atoms with Gasteiger partial charge in [0.2, 0.25) is 0 Å². The third kappa shape index (κ3) is 8.59. The molecule has 28 heavy (non-hydrogen) atoms. The predicted molar refractivity (Wildman–Crippen MR) is 111 cm³/mol. The molecule has 150 valence electrons. The number of esters is 1. The fourth-order valence-corrected chi connectivity index (χ4v) is 4.31. The van der Waals surface area contributed by atoms with Crippen LogP contribution in [0.4, 0.5) is 4.79 Å². The van der Waals surface area contributed by atoms with Gasteiger partial charge in [0.15, 0.2) is 0 Å². The van der Waals surface area contributed by atoms with Crippen LogP contribution in [0.3, 0.4) is 0 Å². The minimum atomic E-state index is -0.729. The third-order valence-electron chi connectivity index (χ3n) is 3.61. The summed E-state index contributed by atoms with van der Waals surface area (Å²) in [5, 5.41) is 3.48. The monoisotopic (exact) mass is 449 g/mol. The molecule has 1 N–H and O–H groups in total. The van der Waals surface area contributed by atoms with E-state index < -0.39 is 23.7 Å². The van der Waals surface area contributed by atoms with E-state index in [1.807, 2.05) is 69.3 Å². The first-order valence-electron chi connectivity index (χ1n) is 9.21. The average Bonchev–Trinajstić information content (AvgIpc) is 2.66. The van der Waals surface area contributed by atoms with Gasteiger partial charge in [0.05, 0.1) is 0 Å². The summed E-state index contributed by atoms with van der Waals surface area (Å²) in [7, 11) is 0. The fourth-order valence-electron chi connectivity index (χ4n) is 2.34. The molecule has 6 heteroatoms. The van der Waals surface area contributed by atoms with Crippen molar-refractivity contribution in [3.05, 3.63) is 66.2 Å². The Kier molecular flexibility index (Phi) is 8.55. The van der Waals surface area contributed by atoms with Gasteiger partial charge in [-0.15, -0.1) is 0 Å². The minimum absolute atomic E-state index is 0.154. The van der Waals surface area contributed by atoms with Gasteiger partial charge in [-0.05, 0) is 0 Å². The Morgan fingerprint density at radius 1 is 1.00 bits per heavy atom. The van der Waals surface area contributed by atoms with Gasteiger partial charge in [-0.3, -0.25) is 0 Å². The molecule has 0 aliphatic heterocycles. The van der Waals surface area contributed by atoms with Crippen molar-refractivity contribution < 1.29 is 19.1 Å². The molecule has 0 spiro atoms. The molecule has 0 heterocycles.